The molecule has 0 aliphatic rings. The molecule has 2 N–H and O–H groups in total. The maximum Gasteiger partial charge on any atom is 0.290 e. The van der Waals surface area contributed by atoms with Crippen LogP contribution in [0.2, 0.25) is 0 Å². The second-order valence-electron chi connectivity index (χ2n) is 4.51. The third kappa shape index (κ3) is 6.00. The van der Waals surface area contributed by atoms with Crippen LogP contribution < -0.4 is 5.32 Å². The first kappa shape index (κ1) is 19.7. The Balaban J connectivity index is 0.000000789. The van der Waals surface area contributed by atoms with Crippen LogP contribution in [0.15, 0.2) is 42.5 Å². The summed E-state index contributed by atoms with van der Waals surface area (Å²) in [4.78, 5) is 8.36. The monoisotopic (exact) mass is 301 g/mol. The summed E-state index contributed by atoms with van der Waals surface area (Å²) < 4.78 is 0. The van der Waals surface area contributed by atoms with Gasteiger partial charge in [0.25, 0.3) is 6.47 Å². The molecule has 0 saturated carbocycles. The van der Waals surface area contributed by atoms with Gasteiger partial charge in [-0.3, -0.25) is 4.79 Å². The second kappa shape index (κ2) is 11.4. The molecule has 0 aliphatic heterocycles. The fourth-order valence-electron chi connectivity index (χ4n) is 2.10. The Morgan fingerprint density at radius 1 is 1.00 bits per heavy atom. The zero-order valence-corrected chi connectivity index (χ0v) is 14.2. The van der Waals surface area contributed by atoms with Crippen molar-refractivity contribution in [2.45, 2.75) is 41.0 Å². The highest BCUT2D eigenvalue weighted by Gasteiger charge is 2.04. The van der Waals surface area contributed by atoms with E-state index in [9.17, 15) is 0 Å². The van der Waals surface area contributed by atoms with Crippen LogP contribution in [0.4, 0.5) is 11.4 Å². The van der Waals surface area contributed by atoms with E-state index in [0.717, 1.165) is 6.42 Å². The maximum absolute atomic E-state index is 8.36. The van der Waals surface area contributed by atoms with Crippen LogP contribution in [-0.4, -0.2) is 11.6 Å². The molecule has 0 bridgehead atoms. The van der Waals surface area contributed by atoms with E-state index in [1.54, 1.807) is 0 Å². The molecule has 0 aliphatic carbocycles. The summed E-state index contributed by atoms with van der Waals surface area (Å²) in [5.74, 6) is 0. The molecule has 0 radical (unpaired) electrons. The summed E-state index contributed by atoms with van der Waals surface area (Å²) in [6.07, 6.45) is 1.05. The van der Waals surface area contributed by atoms with Gasteiger partial charge in [-0.1, -0.05) is 57.2 Å². The Hall–Kier alpha value is -2.29. The highest BCUT2D eigenvalue weighted by Crippen LogP contribution is 2.26. The Labute approximate surface area is 134 Å². The summed E-state index contributed by atoms with van der Waals surface area (Å²) in [5.41, 5.74) is 6.38. The Kier molecular flexibility index (Phi) is 10.2. The Morgan fingerprint density at radius 3 is 2.00 bits per heavy atom. The molecular formula is C19H27NO2. The van der Waals surface area contributed by atoms with Crippen molar-refractivity contribution < 1.29 is 9.90 Å². The predicted molar refractivity (Wildman–Crippen MR) is 95.1 cm³/mol. The minimum Gasteiger partial charge on any atom is -0.483 e. The van der Waals surface area contributed by atoms with Gasteiger partial charge < -0.3 is 10.4 Å². The van der Waals surface area contributed by atoms with Gasteiger partial charge in [-0.25, -0.2) is 0 Å². The van der Waals surface area contributed by atoms with Gasteiger partial charge >= 0.3 is 0 Å². The van der Waals surface area contributed by atoms with E-state index in [0.29, 0.717) is 0 Å². The molecule has 3 heteroatoms. The maximum atomic E-state index is 8.36. The standard InChI is InChI=1S/C16H19N.C2H6.CH2O2/c1-4-14-10-5-6-11-15(14)17-16-12(2)8-7-9-13(16)3;1-2;2-1-3/h5-11,17H,4H2,1-3H3;1-2H3;1H,(H,2,3). The van der Waals surface area contributed by atoms with E-state index in [1.807, 2.05) is 13.8 Å². The molecule has 0 heterocycles. The van der Waals surface area contributed by atoms with Crippen LogP contribution in [0.25, 0.3) is 0 Å². The molecule has 0 atom stereocenters. The topological polar surface area (TPSA) is 49.3 Å². The number of rotatable bonds is 3. The number of nitrogens with one attached hydrogen (secondary N) is 1. The molecule has 120 valence electrons. The van der Waals surface area contributed by atoms with Crippen LogP contribution in [0.1, 0.15) is 37.5 Å². The molecule has 0 aromatic heterocycles. The number of para-hydroxylation sites is 2. The minimum atomic E-state index is -0.250. The van der Waals surface area contributed by atoms with E-state index in [-0.39, 0.29) is 6.47 Å². The molecule has 0 fully saturated rings. The lowest BCUT2D eigenvalue weighted by Gasteiger charge is -2.15. The molecule has 22 heavy (non-hydrogen) atoms. The van der Waals surface area contributed by atoms with E-state index < -0.39 is 0 Å². The van der Waals surface area contributed by atoms with Crippen molar-refractivity contribution in [3.8, 4) is 0 Å². The van der Waals surface area contributed by atoms with Crippen LogP contribution in [0.3, 0.4) is 0 Å². The number of carboxylic acid groups (broad SMARTS) is 1. The van der Waals surface area contributed by atoms with Gasteiger partial charge in [0.15, 0.2) is 0 Å². The average molecular weight is 301 g/mol. The quantitative estimate of drug-likeness (QED) is 0.753. The zero-order valence-electron chi connectivity index (χ0n) is 14.2. The van der Waals surface area contributed by atoms with E-state index in [1.165, 1.54) is 28.1 Å². The lowest BCUT2D eigenvalue weighted by atomic mass is 10.1. The van der Waals surface area contributed by atoms with Crippen molar-refractivity contribution >= 4 is 17.8 Å². The van der Waals surface area contributed by atoms with Crippen molar-refractivity contribution in [2.24, 2.45) is 0 Å². The number of carbonyl (C=O) groups is 1. The molecule has 2 rings (SSSR count). The summed E-state index contributed by atoms with van der Waals surface area (Å²) in [6, 6.07) is 14.9. The highest BCUT2D eigenvalue weighted by molar-refractivity contribution is 5.68. The number of aryl methyl sites for hydroxylation is 3. The predicted octanol–water partition coefficient (Wildman–Crippen LogP) is 5.34. The lowest BCUT2D eigenvalue weighted by Crippen LogP contribution is -1.98. The first-order chi connectivity index (χ1) is 10.6. The third-order valence-electron chi connectivity index (χ3n) is 3.14. The molecule has 2 aromatic carbocycles. The van der Waals surface area contributed by atoms with Gasteiger partial charge in [-0.05, 0) is 43.0 Å². The fraction of sp³-hybridized carbons (Fsp3) is 0.316. The van der Waals surface area contributed by atoms with Gasteiger partial charge in [0.05, 0.1) is 0 Å². The Morgan fingerprint density at radius 2 is 1.50 bits per heavy atom. The zero-order chi connectivity index (χ0) is 17.0. The summed E-state index contributed by atoms with van der Waals surface area (Å²) in [5, 5.41) is 10.4. The summed E-state index contributed by atoms with van der Waals surface area (Å²) in [6.45, 7) is 10.2. The molecule has 0 unspecified atom stereocenters. The van der Waals surface area contributed by atoms with Crippen LogP contribution in [-0.2, 0) is 11.2 Å². The van der Waals surface area contributed by atoms with Crippen molar-refractivity contribution in [1.29, 1.82) is 0 Å². The molecule has 2 aromatic rings. The Bertz CT molecular complexity index is 545. The molecular weight excluding hydrogens is 274 g/mol. The van der Waals surface area contributed by atoms with Crippen molar-refractivity contribution in [2.75, 3.05) is 5.32 Å². The molecule has 0 amide bonds. The smallest absolute Gasteiger partial charge is 0.290 e. The van der Waals surface area contributed by atoms with Gasteiger partial charge in [0.1, 0.15) is 0 Å². The second-order valence-corrected chi connectivity index (χ2v) is 4.51. The van der Waals surface area contributed by atoms with Crippen LogP contribution in [0.5, 0.6) is 0 Å². The summed E-state index contributed by atoms with van der Waals surface area (Å²) >= 11 is 0. The largest absolute Gasteiger partial charge is 0.483 e. The molecule has 0 spiro atoms. The summed E-state index contributed by atoms with van der Waals surface area (Å²) in [7, 11) is 0. The van der Waals surface area contributed by atoms with Crippen LogP contribution in [0, 0.1) is 13.8 Å². The third-order valence-corrected chi connectivity index (χ3v) is 3.14. The molecule has 3 nitrogen and oxygen atoms in total. The van der Waals surface area contributed by atoms with Gasteiger partial charge in [-0.15, -0.1) is 0 Å². The number of hydrogen-bond donors (Lipinski definition) is 2. The first-order valence-electron chi connectivity index (χ1n) is 7.63. The van der Waals surface area contributed by atoms with Gasteiger partial charge in [-0.2, -0.15) is 0 Å². The fourth-order valence-corrected chi connectivity index (χ4v) is 2.10. The van der Waals surface area contributed by atoms with E-state index >= 15 is 0 Å². The number of anilines is 2. The van der Waals surface area contributed by atoms with E-state index in [4.69, 9.17) is 9.90 Å². The lowest BCUT2D eigenvalue weighted by molar-refractivity contribution is -0.122. The van der Waals surface area contributed by atoms with Crippen molar-refractivity contribution in [1.82, 2.24) is 0 Å². The van der Waals surface area contributed by atoms with Crippen LogP contribution >= 0.6 is 0 Å². The highest BCUT2D eigenvalue weighted by atomic mass is 16.3. The van der Waals surface area contributed by atoms with Crippen molar-refractivity contribution in [3.05, 3.63) is 59.2 Å². The average Bonchev–Trinajstić information content (AvgIpc) is 2.54. The van der Waals surface area contributed by atoms with Crippen molar-refractivity contribution in [3.63, 3.8) is 0 Å². The molecule has 0 saturated heterocycles. The number of hydrogen-bond acceptors (Lipinski definition) is 2. The number of benzene rings is 2. The SMILES string of the molecule is CC.CCc1ccccc1Nc1c(C)cccc1C.O=CO. The minimum absolute atomic E-state index is 0.250. The van der Waals surface area contributed by atoms with Gasteiger partial charge in [0, 0.05) is 11.4 Å². The van der Waals surface area contributed by atoms with Gasteiger partial charge in [0.2, 0.25) is 0 Å². The van der Waals surface area contributed by atoms with E-state index in [2.05, 4.69) is 68.6 Å². The normalized spacial score (nSPS) is 8.77. The first-order valence-corrected chi connectivity index (χ1v) is 7.63.